The number of nitrogens with zero attached hydrogens (tertiary/aromatic N) is 1. The second-order valence-electron chi connectivity index (χ2n) is 7.54. The van der Waals surface area contributed by atoms with Gasteiger partial charge in [-0.1, -0.05) is 6.92 Å². The molecule has 2 aliphatic rings. The van der Waals surface area contributed by atoms with Crippen LogP contribution in [0.4, 0.5) is 5.69 Å². The zero-order valence-corrected chi connectivity index (χ0v) is 15.3. The number of carbonyl (C=O) groups excluding carboxylic acids is 2. The maximum atomic E-state index is 12.7. The van der Waals surface area contributed by atoms with Crippen molar-refractivity contribution in [1.29, 1.82) is 0 Å². The third-order valence-electron chi connectivity index (χ3n) is 5.47. The lowest BCUT2D eigenvalue weighted by molar-refractivity contribution is -0.120. The summed E-state index contributed by atoms with van der Waals surface area (Å²) in [5, 5.41) is 6.30. The smallest absolute Gasteiger partial charge is 0.253 e. The SMILES string of the molecule is Cc1cc(C(=O)N2CCC(C)CC2)ccc1NC(=O)C1CCCNC1. The molecule has 25 heavy (non-hydrogen) atoms. The molecular formula is C20H29N3O2. The molecule has 1 aromatic rings. The number of aryl methyl sites for hydroxylation is 1. The number of hydrogen-bond acceptors (Lipinski definition) is 3. The van der Waals surface area contributed by atoms with E-state index in [0.717, 1.165) is 63.1 Å². The number of likely N-dealkylation sites (tertiary alicyclic amines) is 1. The first-order valence-corrected chi connectivity index (χ1v) is 9.46. The number of piperidine rings is 2. The molecule has 136 valence electrons. The molecule has 5 nitrogen and oxygen atoms in total. The number of carbonyl (C=O) groups is 2. The molecule has 1 aromatic carbocycles. The number of hydrogen-bond donors (Lipinski definition) is 2. The maximum absolute atomic E-state index is 12.7. The zero-order valence-electron chi connectivity index (χ0n) is 15.3. The van der Waals surface area contributed by atoms with E-state index in [1.807, 2.05) is 30.0 Å². The van der Waals surface area contributed by atoms with E-state index in [4.69, 9.17) is 0 Å². The highest BCUT2D eigenvalue weighted by Crippen LogP contribution is 2.22. The highest BCUT2D eigenvalue weighted by molar-refractivity contribution is 5.97. The molecular weight excluding hydrogens is 314 g/mol. The molecule has 2 N–H and O–H groups in total. The molecule has 3 rings (SSSR count). The summed E-state index contributed by atoms with van der Waals surface area (Å²) in [4.78, 5) is 27.0. The average molecular weight is 343 g/mol. The summed E-state index contributed by atoms with van der Waals surface area (Å²) in [6, 6.07) is 5.60. The molecule has 5 heteroatoms. The van der Waals surface area contributed by atoms with Crippen molar-refractivity contribution in [2.45, 2.75) is 39.5 Å². The van der Waals surface area contributed by atoms with E-state index in [1.54, 1.807) is 0 Å². The third-order valence-corrected chi connectivity index (χ3v) is 5.47. The Hall–Kier alpha value is -1.88. The van der Waals surface area contributed by atoms with E-state index in [1.165, 1.54) is 0 Å². The standard InChI is InChI=1S/C20H29N3O2/c1-14-7-10-23(11-8-14)20(25)16-5-6-18(15(2)12-16)22-19(24)17-4-3-9-21-13-17/h5-6,12,14,17,21H,3-4,7-11,13H2,1-2H3,(H,22,24). The molecule has 0 saturated carbocycles. The van der Waals surface area contributed by atoms with Crippen LogP contribution in [-0.4, -0.2) is 42.9 Å². The quantitative estimate of drug-likeness (QED) is 0.887. The summed E-state index contributed by atoms with van der Waals surface area (Å²) >= 11 is 0. The fraction of sp³-hybridized carbons (Fsp3) is 0.600. The van der Waals surface area contributed by atoms with Crippen molar-refractivity contribution in [2.24, 2.45) is 11.8 Å². The van der Waals surface area contributed by atoms with Gasteiger partial charge in [-0.2, -0.15) is 0 Å². The highest BCUT2D eigenvalue weighted by atomic mass is 16.2. The van der Waals surface area contributed by atoms with E-state index in [-0.39, 0.29) is 17.7 Å². The molecule has 2 heterocycles. The van der Waals surface area contributed by atoms with Gasteiger partial charge in [0, 0.05) is 30.9 Å². The van der Waals surface area contributed by atoms with E-state index in [0.29, 0.717) is 11.5 Å². The summed E-state index contributed by atoms with van der Waals surface area (Å²) < 4.78 is 0. The Labute approximate surface area is 150 Å². The van der Waals surface area contributed by atoms with Gasteiger partial charge >= 0.3 is 0 Å². The van der Waals surface area contributed by atoms with Crippen LogP contribution in [0.1, 0.15) is 48.5 Å². The van der Waals surface area contributed by atoms with Gasteiger partial charge < -0.3 is 15.5 Å². The molecule has 0 spiro atoms. The fourth-order valence-electron chi connectivity index (χ4n) is 3.64. The number of nitrogens with one attached hydrogen (secondary N) is 2. The molecule has 2 fully saturated rings. The summed E-state index contributed by atoms with van der Waals surface area (Å²) in [7, 11) is 0. The fourth-order valence-corrected chi connectivity index (χ4v) is 3.64. The van der Waals surface area contributed by atoms with Crippen molar-refractivity contribution >= 4 is 17.5 Å². The summed E-state index contributed by atoms with van der Waals surface area (Å²) in [5.74, 6) is 0.909. The van der Waals surface area contributed by atoms with E-state index >= 15 is 0 Å². The van der Waals surface area contributed by atoms with Crippen LogP contribution in [-0.2, 0) is 4.79 Å². The molecule has 1 atom stereocenters. The molecule has 0 aromatic heterocycles. The number of anilines is 1. The van der Waals surface area contributed by atoms with Gasteiger partial charge in [-0.25, -0.2) is 0 Å². The Bertz CT molecular complexity index is 630. The third kappa shape index (κ3) is 4.40. The number of amides is 2. The van der Waals surface area contributed by atoms with Crippen molar-refractivity contribution in [3.05, 3.63) is 29.3 Å². The first-order chi connectivity index (χ1) is 12.0. The number of benzene rings is 1. The van der Waals surface area contributed by atoms with Gasteiger partial charge in [0.15, 0.2) is 0 Å². The van der Waals surface area contributed by atoms with Gasteiger partial charge in [-0.15, -0.1) is 0 Å². The zero-order chi connectivity index (χ0) is 17.8. The minimum Gasteiger partial charge on any atom is -0.339 e. The summed E-state index contributed by atoms with van der Waals surface area (Å²) in [5.41, 5.74) is 2.46. The largest absolute Gasteiger partial charge is 0.339 e. The second kappa shape index (κ2) is 8.00. The monoisotopic (exact) mass is 343 g/mol. The van der Waals surface area contributed by atoms with Gasteiger partial charge in [0.2, 0.25) is 5.91 Å². The van der Waals surface area contributed by atoms with E-state index < -0.39 is 0 Å². The molecule has 0 radical (unpaired) electrons. The molecule has 2 saturated heterocycles. The normalized spacial score (nSPS) is 21.8. The van der Waals surface area contributed by atoms with Crippen molar-refractivity contribution in [3.8, 4) is 0 Å². The molecule has 0 aliphatic carbocycles. The minimum absolute atomic E-state index is 0.0322. The first-order valence-electron chi connectivity index (χ1n) is 9.46. The number of rotatable bonds is 3. The van der Waals surface area contributed by atoms with Gasteiger partial charge in [0.25, 0.3) is 5.91 Å². The highest BCUT2D eigenvalue weighted by Gasteiger charge is 2.23. The van der Waals surface area contributed by atoms with Crippen LogP contribution in [0, 0.1) is 18.8 Å². The van der Waals surface area contributed by atoms with E-state index in [9.17, 15) is 9.59 Å². The predicted molar refractivity (Wildman–Crippen MR) is 99.7 cm³/mol. The van der Waals surface area contributed by atoms with Crippen LogP contribution < -0.4 is 10.6 Å². The Morgan fingerprint density at radius 3 is 2.60 bits per heavy atom. The van der Waals surface area contributed by atoms with Gasteiger partial charge in [0.1, 0.15) is 0 Å². The second-order valence-corrected chi connectivity index (χ2v) is 7.54. The molecule has 1 unspecified atom stereocenters. The van der Waals surface area contributed by atoms with Crippen molar-refractivity contribution in [1.82, 2.24) is 10.2 Å². The lowest BCUT2D eigenvalue weighted by Gasteiger charge is -2.30. The molecule has 0 bridgehead atoms. The van der Waals surface area contributed by atoms with Crippen molar-refractivity contribution in [3.63, 3.8) is 0 Å². The summed E-state index contributed by atoms with van der Waals surface area (Å²) in [6.45, 7) is 7.61. The maximum Gasteiger partial charge on any atom is 0.253 e. The van der Waals surface area contributed by atoms with Crippen LogP contribution >= 0.6 is 0 Å². The lowest BCUT2D eigenvalue weighted by atomic mass is 9.97. The van der Waals surface area contributed by atoms with Crippen LogP contribution in [0.25, 0.3) is 0 Å². The molecule has 2 amide bonds. The van der Waals surface area contributed by atoms with Crippen molar-refractivity contribution in [2.75, 3.05) is 31.5 Å². The van der Waals surface area contributed by atoms with Gasteiger partial charge in [0.05, 0.1) is 5.92 Å². The molecule has 2 aliphatic heterocycles. The summed E-state index contributed by atoms with van der Waals surface area (Å²) in [6.07, 6.45) is 4.13. The predicted octanol–water partition coefficient (Wildman–Crippen LogP) is 2.81. The first kappa shape index (κ1) is 17.9. The topological polar surface area (TPSA) is 61.4 Å². The average Bonchev–Trinajstić information content (AvgIpc) is 2.64. The van der Waals surface area contributed by atoms with Crippen LogP contribution in [0.2, 0.25) is 0 Å². The Morgan fingerprint density at radius 2 is 1.96 bits per heavy atom. The van der Waals surface area contributed by atoms with Crippen LogP contribution in [0.5, 0.6) is 0 Å². The Balaban J connectivity index is 1.64. The van der Waals surface area contributed by atoms with Crippen LogP contribution in [0.3, 0.4) is 0 Å². The Kier molecular flexibility index (Phi) is 5.74. The van der Waals surface area contributed by atoms with Gasteiger partial charge in [-0.05, 0) is 68.8 Å². The van der Waals surface area contributed by atoms with Crippen molar-refractivity contribution < 1.29 is 9.59 Å². The van der Waals surface area contributed by atoms with E-state index in [2.05, 4.69) is 17.6 Å². The Morgan fingerprint density at radius 1 is 1.20 bits per heavy atom. The van der Waals surface area contributed by atoms with Crippen LogP contribution in [0.15, 0.2) is 18.2 Å². The lowest BCUT2D eigenvalue weighted by Crippen LogP contribution is -2.38. The minimum atomic E-state index is 0.0322. The van der Waals surface area contributed by atoms with Gasteiger partial charge in [-0.3, -0.25) is 9.59 Å².